The van der Waals surface area contributed by atoms with Gasteiger partial charge in [0.05, 0.1) is 26.2 Å². The maximum atomic E-state index is 12.1. The number of amides is 1. The maximum absolute atomic E-state index is 12.1. The summed E-state index contributed by atoms with van der Waals surface area (Å²) < 4.78 is 0. The number of rotatable bonds is 24. The monoisotopic (exact) mass is 566 g/mol. The number of unbranched alkanes of at least 4 members (excludes halogenated alkanes) is 1. The molecule has 0 bridgehead atoms. The van der Waals surface area contributed by atoms with Crippen molar-refractivity contribution in [1.29, 1.82) is 0 Å². The van der Waals surface area contributed by atoms with Crippen LogP contribution in [0.2, 0.25) is 0 Å². The summed E-state index contributed by atoms with van der Waals surface area (Å²) in [6.45, 7) is -2.36. The van der Waals surface area contributed by atoms with Crippen LogP contribution in [0.3, 0.4) is 0 Å². The van der Waals surface area contributed by atoms with Crippen molar-refractivity contribution in [3.63, 3.8) is 0 Å². The molecule has 0 rings (SSSR count). The first-order valence-electron chi connectivity index (χ1n) is 12.0. The van der Waals surface area contributed by atoms with Crippen LogP contribution >= 0.6 is 12.6 Å². The van der Waals surface area contributed by atoms with E-state index in [0.29, 0.717) is 38.0 Å². The van der Waals surface area contributed by atoms with Crippen molar-refractivity contribution >= 4 is 48.4 Å². The molecule has 0 fully saturated rings. The number of nitrogens with zero attached hydrogens (tertiary/aromatic N) is 3. The molecule has 16 heteroatoms. The zero-order valence-corrected chi connectivity index (χ0v) is 22.1. The molecule has 15 nitrogen and oxygen atoms in total. The third-order valence-electron chi connectivity index (χ3n) is 5.36. The highest BCUT2D eigenvalue weighted by Crippen LogP contribution is 2.11. The molecule has 0 spiro atoms. The quantitative estimate of drug-likeness (QED) is 0.0531. The van der Waals surface area contributed by atoms with E-state index in [4.69, 9.17) is 20.4 Å². The number of hydrogen-bond donors (Lipinski definition) is 7. The molecule has 0 aromatic carbocycles. The van der Waals surface area contributed by atoms with E-state index >= 15 is 0 Å². The second-order valence-electron chi connectivity index (χ2n) is 8.56. The topological polar surface area (TPSA) is 225 Å². The van der Waals surface area contributed by atoms with Gasteiger partial charge in [0.2, 0.25) is 5.91 Å². The first kappa shape index (κ1) is 35.0. The van der Waals surface area contributed by atoms with Crippen LogP contribution in [0.4, 0.5) is 0 Å². The van der Waals surface area contributed by atoms with E-state index in [-0.39, 0.29) is 38.5 Å². The minimum Gasteiger partial charge on any atom is -0.480 e. The van der Waals surface area contributed by atoms with E-state index in [1.54, 1.807) is 0 Å². The summed E-state index contributed by atoms with van der Waals surface area (Å²) in [5.41, 5.74) is 0. The van der Waals surface area contributed by atoms with E-state index in [1.165, 1.54) is 4.90 Å². The number of nitrogens with one attached hydrogen (secondary N) is 1. The Kier molecular flexibility index (Phi) is 18.5. The molecule has 6 N–H and O–H groups in total. The fraction of sp³-hybridized carbons (Fsp3) is 0.727. The molecule has 0 aliphatic heterocycles. The minimum absolute atomic E-state index is 0.0635. The van der Waals surface area contributed by atoms with Gasteiger partial charge in [-0.1, -0.05) is 0 Å². The number of thiol groups is 1. The molecule has 0 saturated heterocycles. The first-order valence-corrected chi connectivity index (χ1v) is 12.6. The normalized spacial score (nSPS) is 12.0. The van der Waals surface area contributed by atoms with Gasteiger partial charge in [-0.2, -0.15) is 12.6 Å². The number of carbonyl (C=O) groups excluding carboxylic acids is 1. The lowest BCUT2D eigenvalue weighted by atomic mass is 10.1. The SMILES string of the molecule is O=C(O)CN(CCN(CCN(CC(=O)O)CC(=O)O)C(CCCCNC(=O)CCCS)C(=O)O)CC(=O)O. The van der Waals surface area contributed by atoms with Gasteiger partial charge in [-0.05, 0) is 31.4 Å². The lowest BCUT2D eigenvalue weighted by Crippen LogP contribution is -2.50. The van der Waals surface area contributed by atoms with Gasteiger partial charge in [0, 0.05) is 39.1 Å². The summed E-state index contributed by atoms with van der Waals surface area (Å²) in [5, 5.41) is 48.9. The minimum atomic E-state index is -1.27. The van der Waals surface area contributed by atoms with E-state index in [9.17, 15) is 33.9 Å². The van der Waals surface area contributed by atoms with Crippen LogP contribution in [0.25, 0.3) is 0 Å². The van der Waals surface area contributed by atoms with Crippen molar-refractivity contribution in [3.8, 4) is 0 Å². The van der Waals surface area contributed by atoms with E-state index < -0.39 is 62.1 Å². The molecule has 1 amide bonds. The average molecular weight is 567 g/mol. The van der Waals surface area contributed by atoms with Crippen LogP contribution in [0.15, 0.2) is 0 Å². The summed E-state index contributed by atoms with van der Waals surface area (Å²) in [4.78, 5) is 71.9. The summed E-state index contributed by atoms with van der Waals surface area (Å²) in [6, 6.07) is -1.09. The Bertz CT molecular complexity index is 727. The van der Waals surface area contributed by atoms with Gasteiger partial charge in [0.15, 0.2) is 0 Å². The maximum Gasteiger partial charge on any atom is 0.320 e. The Morgan fingerprint density at radius 1 is 0.658 bits per heavy atom. The lowest BCUT2D eigenvalue weighted by molar-refractivity contribution is -0.146. The van der Waals surface area contributed by atoms with E-state index in [2.05, 4.69) is 17.9 Å². The Balaban J connectivity index is 5.42. The van der Waals surface area contributed by atoms with Crippen molar-refractivity contribution in [2.24, 2.45) is 0 Å². The summed E-state index contributed by atoms with van der Waals surface area (Å²) >= 11 is 4.04. The molecule has 0 aromatic rings. The van der Waals surface area contributed by atoms with Gasteiger partial charge < -0.3 is 30.8 Å². The number of carboxylic acids is 5. The zero-order valence-electron chi connectivity index (χ0n) is 21.2. The third-order valence-corrected chi connectivity index (χ3v) is 5.67. The Morgan fingerprint density at radius 3 is 1.47 bits per heavy atom. The number of carboxylic acid groups (broad SMARTS) is 5. The van der Waals surface area contributed by atoms with E-state index in [1.807, 2.05) is 0 Å². The van der Waals surface area contributed by atoms with Crippen molar-refractivity contribution in [3.05, 3.63) is 0 Å². The highest BCUT2D eigenvalue weighted by molar-refractivity contribution is 7.80. The third kappa shape index (κ3) is 18.3. The number of hydrogen-bond acceptors (Lipinski definition) is 10. The van der Waals surface area contributed by atoms with Gasteiger partial charge in [-0.3, -0.25) is 43.5 Å². The first-order chi connectivity index (χ1) is 17.8. The molecule has 218 valence electrons. The van der Waals surface area contributed by atoms with Gasteiger partial charge in [-0.15, -0.1) is 0 Å². The predicted octanol–water partition coefficient (Wildman–Crippen LogP) is -1.32. The van der Waals surface area contributed by atoms with Crippen LogP contribution < -0.4 is 5.32 Å². The summed E-state index contributed by atoms with van der Waals surface area (Å²) in [7, 11) is 0. The van der Waals surface area contributed by atoms with E-state index in [0.717, 1.165) is 9.80 Å². The molecule has 0 radical (unpaired) electrons. The van der Waals surface area contributed by atoms with Crippen LogP contribution in [0, 0.1) is 0 Å². The number of carbonyl (C=O) groups is 6. The van der Waals surface area contributed by atoms with Gasteiger partial charge in [-0.25, -0.2) is 0 Å². The Hall–Kier alpha value is -2.95. The molecule has 38 heavy (non-hydrogen) atoms. The molecule has 0 aliphatic carbocycles. The van der Waals surface area contributed by atoms with Gasteiger partial charge in [0.25, 0.3) is 0 Å². The fourth-order valence-electron chi connectivity index (χ4n) is 3.64. The number of aliphatic carboxylic acids is 5. The van der Waals surface area contributed by atoms with Crippen molar-refractivity contribution < 1.29 is 54.3 Å². The van der Waals surface area contributed by atoms with Crippen molar-refractivity contribution in [1.82, 2.24) is 20.0 Å². The smallest absolute Gasteiger partial charge is 0.320 e. The van der Waals surface area contributed by atoms with Crippen molar-refractivity contribution in [2.45, 2.75) is 38.1 Å². The summed E-state index contributed by atoms with van der Waals surface area (Å²) in [6.07, 6.45) is 1.99. The van der Waals surface area contributed by atoms with Crippen molar-refractivity contribution in [2.75, 3.05) is 64.7 Å². The lowest BCUT2D eigenvalue weighted by Gasteiger charge is -2.32. The molecule has 0 aliphatic rings. The second kappa shape index (κ2) is 20.1. The van der Waals surface area contributed by atoms with Crippen LogP contribution in [0.1, 0.15) is 32.1 Å². The van der Waals surface area contributed by atoms with Crippen LogP contribution in [-0.2, 0) is 28.8 Å². The highest BCUT2D eigenvalue weighted by Gasteiger charge is 2.27. The molecule has 0 aromatic heterocycles. The van der Waals surface area contributed by atoms with Gasteiger partial charge in [0.1, 0.15) is 6.04 Å². The molecule has 1 atom stereocenters. The standard InChI is InChI=1S/C22H38N4O11S/c27-17(5-3-11-38)23-6-2-1-4-16(22(36)37)26(9-7-24(12-18(28)29)13-19(30)31)10-8-25(14-20(32)33)15-21(34)35/h16,38H,1-15H2,(H,23,27)(H,28,29)(H,30,31)(H,32,33)(H,34,35)(H,36,37). The Morgan fingerprint density at radius 2 is 1.11 bits per heavy atom. The largest absolute Gasteiger partial charge is 0.480 e. The zero-order chi connectivity index (χ0) is 29.1. The highest BCUT2D eigenvalue weighted by atomic mass is 32.1. The average Bonchev–Trinajstić information content (AvgIpc) is 2.78. The Labute approximate surface area is 225 Å². The molecule has 1 unspecified atom stereocenters. The molecule has 0 saturated carbocycles. The van der Waals surface area contributed by atoms with Crippen LogP contribution in [0.5, 0.6) is 0 Å². The second-order valence-corrected chi connectivity index (χ2v) is 9.01. The van der Waals surface area contributed by atoms with Gasteiger partial charge >= 0.3 is 29.8 Å². The van der Waals surface area contributed by atoms with Crippen LogP contribution in [-0.4, -0.2) is 147 Å². The molecular formula is C22H38N4O11S. The fourth-order valence-corrected chi connectivity index (χ4v) is 3.80. The molecular weight excluding hydrogens is 528 g/mol. The molecule has 0 heterocycles. The summed E-state index contributed by atoms with van der Waals surface area (Å²) in [5.74, 6) is -5.82. The predicted molar refractivity (Wildman–Crippen MR) is 136 cm³/mol.